The van der Waals surface area contributed by atoms with Gasteiger partial charge in [0, 0.05) is 52.4 Å². The molecule has 22 heavy (non-hydrogen) atoms. The number of nitrogens with zero attached hydrogens (tertiary/aromatic N) is 4. The number of hydrogen-bond acceptors (Lipinski definition) is 4. The average molecular weight is 306 g/mol. The maximum absolute atomic E-state index is 11.6. The Morgan fingerprint density at radius 2 is 2.23 bits per heavy atom. The molecule has 0 aromatic carbocycles. The summed E-state index contributed by atoms with van der Waals surface area (Å²) in [4.78, 5) is 20.2. The van der Waals surface area contributed by atoms with Gasteiger partial charge in [-0.1, -0.05) is 0 Å². The van der Waals surface area contributed by atoms with Gasteiger partial charge in [0.2, 0.25) is 5.91 Å². The van der Waals surface area contributed by atoms with Crippen molar-refractivity contribution in [2.45, 2.75) is 25.3 Å². The fourth-order valence-electron chi connectivity index (χ4n) is 3.16. The lowest BCUT2D eigenvalue weighted by atomic mass is 9.98. The Morgan fingerprint density at radius 1 is 1.45 bits per heavy atom. The van der Waals surface area contributed by atoms with Crippen molar-refractivity contribution >= 4 is 5.91 Å². The van der Waals surface area contributed by atoms with E-state index >= 15 is 0 Å². The van der Waals surface area contributed by atoms with Crippen molar-refractivity contribution in [3.63, 3.8) is 0 Å². The lowest BCUT2D eigenvalue weighted by Crippen LogP contribution is -2.38. The Morgan fingerprint density at radius 3 is 2.91 bits per heavy atom. The van der Waals surface area contributed by atoms with Crippen LogP contribution >= 0.6 is 0 Å². The number of ether oxygens (including phenoxy) is 1. The SMILES string of the molecule is CN(C)C(=O)COCC1CN(CC2CC2)Cc2ncn(C)c21. The smallest absolute Gasteiger partial charge is 0.248 e. The molecule has 0 spiro atoms. The number of likely N-dealkylation sites (N-methyl/N-ethyl adjacent to an activating group) is 1. The summed E-state index contributed by atoms with van der Waals surface area (Å²) in [7, 11) is 5.55. The third-order valence-electron chi connectivity index (χ3n) is 4.56. The van der Waals surface area contributed by atoms with Gasteiger partial charge in [0.05, 0.1) is 18.6 Å². The third kappa shape index (κ3) is 3.50. The fourth-order valence-corrected chi connectivity index (χ4v) is 3.16. The topological polar surface area (TPSA) is 50.6 Å². The summed E-state index contributed by atoms with van der Waals surface area (Å²) >= 11 is 0. The summed E-state index contributed by atoms with van der Waals surface area (Å²) in [5, 5.41) is 0. The molecule has 6 nitrogen and oxygen atoms in total. The monoisotopic (exact) mass is 306 g/mol. The maximum Gasteiger partial charge on any atom is 0.248 e. The van der Waals surface area contributed by atoms with E-state index in [9.17, 15) is 4.79 Å². The van der Waals surface area contributed by atoms with Crippen LogP contribution in [0.25, 0.3) is 0 Å². The van der Waals surface area contributed by atoms with Crippen molar-refractivity contribution in [2.24, 2.45) is 13.0 Å². The van der Waals surface area contributed by atoms with E-state index in [0.717, 1.165) is 19.0 Å². The van der Waals surface area contributed by atoms with Crippen molar-refractivity contribution < 1.29 is 9.53 Å². The third-order valence-corrected chi connectivity index (χ3v) is 4.56. The quantitative estimate of drug-likeness (QED) is 0.781. The van der Waals surface area contributed by atoms with E-state index in [1.165, 1.54) is 30.8 Å². The highest BCUT2D eigenvalue weighted by atomic mass is 16.5. The number of aromatic nitrogens is 2. The molecule has 1 aromatic rings. The summed E-state index contributed by atoms with van der Waals surface area (Å²) in [5.41, 5.74) is 2.44. The van der Waals surface area contributed by atoms with Crippen LogP contribution in [0.15, 0.2) is 6.33 Å². The number of hydrogen-bond donors (Lipinski definition) is 0. The summed E-state index contributed by atoms with van der Waals surface area (Å²) < 4.78 is 7.79. The molecule has 1 fully saturated rings. The van der Waals surface area contributed by atoms with Crippen LogP contribution in [-0.2, 0) is 23.1 Å². The van der Waals surface area contributed by atoms with Crippen LogP contribution in [0.2, 0.25) is 0 Å². The standard InChI is InChI=1S/C16H26N4O2/c1-18(2)15(21)10-22-9-13-7-20(6-12-4-5-12)8-14-16(13)19(3)11-17-14/h11-13H,4-10H2,1-3H3. The number of imidazole rings is 1. The predicted octanol–water partition coefficient (Wildman–Crippen LogP) is 0.834. The number of aryl methyl sites for hydroxylation is 1. The van der Waals surface area contributed by atoms with Gasteiger partial charge < -0.3 is 14.2 Å². The first kappa shape index (κ1) is 15.5. The van der Waals surface area contributed by atoms with Gasteiger partial charge in [-0.25, -0.2) is 4.98 Å². The van der Waals surface area contributed by atoms with Gasteiger partial charge in [-0.2, -0.15) is 0 Å². The molecule has 0 bridgehead atoms. The van der Waals surface area contributed by atoms with Crippen molar-refractivity contribution in [1.82, 2.24) is 19.4 Å². The minimum Gasteiger partial charge on any atom is -0.371 e. The molecule has 0 saturated heterocycles. The summed E-state index contributed by atoms with van der Waals surface area (Å²) in [6.07, 6.45) is 4.62. The molecule has 122 valence electrons. The second-order valence-electron chi connectivity index (χ2n) is 6.83. The minimum absolute atomic E-state index is 0.0101. The molecule has 0 N–H and O–H groups in total. The molecule has 3 rings (SSSR count). The number of rotatable bonds is 6. The van der Waals surface area contributed by atoms with Gasteiger partial charge in [0.25, 0.3) is 0 Å². The van der Waals surface area contributed by atoms with Gasteiger partial charge in [-0.15, -0.1) is 0 Å². The van der Waals surface area contributed by atoms with Crippen molar-refractivity contribution in [3.05, 3.63) is 17.7 Å². The minimum atomic E-state index is 0.0101. The first-order valence-electron chi connectivity index (χ1n) is 8.05. The van der Waals surface area contributed by atoms with Crippen molar-refractivity contribution in [1.29, 1.82) is 0 Å². The largest absolute Gasteiger partial charge is 0.371 e. The highest BCUT2D eigenvalue weighted by Gasteiger charge is 2.32. The molecule has 1 amide bonds. The molecule has 0 radical (unpaired) electrons. The summed E-state index contributed by atoms with van der Waals surface area (Å²) in [6.45, 7) is 3.84. The molecule has 2 heterocycles. The first-order chi connectivity index (χ1) is 10.5. The number of amides is 1. The zero-order valence-corrected chi connectivity index (χ0v) is 13.8. The van der Waals surface area contributed by atoms with E-state index in [4.69, 9.17) is 4.74 Å². The zero-order chi connectivity index (χ0) is 15.7. The Kier molecular flexibility index (Phi) is 4.49. The number of fused-ring (bicyclic) bond motifs is 1. The molecule has 1 aromatic heterocycles. The molecule has 1 aliphatic heterocycles. The Balaban J connectivity index is 1.62. The van der Waals surface area contributed by atoms with Crippen LogP contribution < -0.4 is 0 Å². The highest BCUT2D eigenvalue weighted by Crippen LogP contribution is 2.33. The average Bonchev–Trinajstić information content (AvgIpc) is 3.20. The zero-order valence-electron chi connectivity index (χ0n) is 13.8. The van der Waals surface area contributed by atoms with Gasteiger partial charge in [-0.3, -0.25) is 9.69 Å². The molecule has 1 atom stereocenters. The maximum atomic E-state index is 11.6. The van der Waals surface area contributed by atoms with Crippen LogP contribution in [-0.4, -0.2) is 65.7 Å². The Hall–Kier alpha value is -1.40. The van der Waals surface area contributed by atoms with Crippen LogP contribution in [0.5, 0.6) is 0 Å². The van der Waals surface area contributed by atoms with E-state index in [2.05, 4.69) is 14.5 Å². The van der Waals surface area contributed by atoms with Crippen LogP contribution in [0.3, 0.4) is 0 Å². The lowest BCUT2D eigenvalue weighted by molar-refractivity contribution is -0.133. The van der Waals surface area contributed by atoms with E-state index in [0.29, 0.717) is 12.5 Å². The van der Waals surface area contributed by atoms with E-state index in [-0.39, 0.29) is 12.5 Å². The van der Waals surface area contributed by atoms with Gasteiger partial charge in [-0.05, 0) is 18.8 Å². The highest BCUT2D eigenvalue weighted by molar-refractivity contribution is 5.76. The van der Waals surface area contributed by atoms with Crippen LogP contribution in [0.1, 0.15) is 30.1 Å². The van der Waals surface area contributed by atoms with Crippen LogP contribution in [0.4, 0.5) is 0 Å². The Labute approximate surface area is 132 Å². The van der Waals surface area contributed by atoms with Gasteiger partial charge in [0.1, 0.15) is 6.61 Å². The summed E-state index contributed by atoms with van der Waals surface area (Å²) in [6, 6.07) is 0. The molecular formula is C16H26N4O2. The number of carbonyl (C=O) groups is 1. The van der Waals surface area contributed by atoms with Crippen molar-refractivity contribution in [3.8, 4) is 0 Å². The lowest BCUT2D eigenvalue weighted by Gasteiger charge is -2.32. The first-order valence-corrected chi connectivity index (χ1v) is 8.05. The molecule has 2 aliphatic rings. The second-order valence-corrected chi connectivity index (χ2v) is 6.83. The molecule has 6 heteroatoms. The normalized spacial score (nSPS) is 21.7. The fraction of sp³-hybridized carbons (Fsp3) is 0.750. The van der Waals surface area contributed by atoms with Gasteiger partial charge >= 0.3 is 0 Å². The Bertz CT molecular complexity index is 536. The molecular weight excluding hydrogens is 280 g/mol. The van der Waals surface area contributed by atoms with E-state index in [1.54, 1.807) is 19.0 Å². The second kappa shape index (κ2) is 6.38. The van der Waals surface area contributed by atoms with E-state index in [1.807, 2.05) is 13.4 Å². The molecule has 1 saturated carbocycles. The molecule has 1 unspecified atom stereocenters. The summed E-state index contributed by atoms with van der Waals surface area (Å²) in [5.74, 6) is 1.18. The van der Waals surface area contributed by atoms with Crippen molar-refractivity contribution in [2.75, 3.05) is 40.4 Å². The predicted molar refractivity (Wildman–Crippen MR) is 83.5 cm³/mol. The van der Waals surface area contributed by atoms with Gasteiger partial charge in [0.15, 0.2) is 0 Å². The van der Waals surface area contributed by atoms with Crippen LogP contribution in [0, 0.1) is 5.92 Å². The number of carbonyl (C=O) groups excluding carboxylic acids is 1. The molecule has 1 aliphatic carbocycles. The van der Waals surface area contributed by atoms with E-state index < -0.39 is 0 Å².